The largest absolute Gasteiger partial charge is 0.378 e. The zero-order valence-electron chi connectivity index (χ0n) is 7.75. The molecule has 0 aromatic heterocycles. The minimum absolute atomic E-state index is 0.128. The van der Waals surface area contributed by atoms with Gasteiger partial charge >= 0.3 is 0 Å². The summed E-state index contributed by atoms with van der Waals surface area (Å²) in [7, 11) is 0. The summed E-state index contributed by atoms with van der Waals surface area (Å²) >= 11 is 3.49. The number of ether oxygens (including phenoxy) is 1. The van der Waals surface area contributed by atoms with Crippen molar-refractivity contribution in [2.75, 3.05) is 26.3 Å². The summed E-state index contributed by atoms with van der Waals surface area (Å²) in [6, 6.07) is 0. The molecule has 2 rings (SSSR count). The average molecular weight is 248 g/mol. The Morgan fingerprint density at radius 3 is 2.54 bits per heavy atom. The van der Waals surface area contributed by atoms with Gasteiger partial charge in [0, 0.05) is 17.9 Å². The molecule has 1 amide bonds. The molecule has 0 aromatic rings. The number of carbonyl (C=O) groups excluding carboxylic acids is 1. The predicted octanol–water partition coefficient (Wildman–Crippen LogP) is 1.02. The summed E-state index contributed by atoms with van der Waals surface area (Å²) in [5.74, 6) is 0.290. The molecular weight excluding hydrogens is 234 g/mol. The molecule has 0 aromatic carbocycles. The van der Waals surface area contributed by atoms with E-state index in [-0.39, 0.29) is 11.3 Å². The van der Waals surface area contributed by atoms with Gasteiger partial charge in [0.1, 0.15) is 0 Å². The van der Waals surface area contributed by atoms with E-state index in [1.807, 2.05) is 11.8 Å². The standard InChI is InChI=1S/C9H14BrNO2/c1-9(6-7(9)10)8(12)11-2-4-13-5-3-11/h7H,2-6H2,1H3. The number of alkyl halides is 1. The normalized spacial score (nSPS) is 38.9. The molecule has 4 heteroatoms. The van der Waals surface area contributed by atoms with Gasteiger partial charge in [0.05, 0.1) is 18.6 Å². The molecule has 1 heterocycles. The van der Waals surface area contributed by atoms with Crippen LogP contribution in [0.4, 0.5) is 0 Å². The van der Waals surface area contributed by atoms with Crippen molar-refractivity contribution in [2.45, 2.75) is 18.2 Å². The van der Waals surface area contributed by atoms with Crippen LogP contribution in [0.5, 0.6) is 0 Å². The zero-order chi connectivity index (χ0) is 9.47. The average Bonchev–Trinajstić information content (AvgIpc) is 2.76. The van der Waals surface area contributed by atoms with Gasteiger partial charge in [0.25, 0.3) is 0 Å². The van der Waals surface area contributed by atoms with E-state index in [0.29, 0.717) is 18.0 Å². The highest BCUT2D eigenvalue weighted by atomic mass is 79.9. The molecule has 3 nitrogen and oxygen atoms in total. The third kappa shape index (κ3) is 1.62. The van der Waals surface area contributed by atoms with Crippen molar-refractivity contribution in [2.24, 2.45) is 5.41 Å². The summed E-state index contributed by atoms with van der Waals surface area (Å²) < 4.78 is 5.20. The van der Waals surface area contributed by atoms with Gasteiger partial charge in [-0.2, -0.15) is 0 Å². The molecule has 1 aliphatic heterocycles. The Labute approximate surface area is 86.5 Å². The van der Waals surface area contributed by atoms with E-state index in [1.54, 1.807) is 0 Å². The van der Waals surface area contributed by atoms with Crippen LogP contribution in [-0.4, -0.2) is 41.9 Å². The molecule has 2 fully saturated rings. The Kier molecular flexibility index (Phi) is 2.36. The van der Waals surface area contributed by atoms with E-state index in [0.717, 1.165) is 19.5 Å². The highest BCUT2D eigenvalue weighted by Gasteiger charge is 2.56. The van der Waals surface area contributed by atoms with Gasteiger partial charge < -0.3 is 9.64 Å². The lowest BCUT2D eigenvalue weighted by molar-refractivity contribution is -0.140. The van der Waals surface area contributed by atoms with Crippen molar-refractivity contribution < 1.29 is 9.53 Å². The van der Waals surface area contributed by atoms with Gasteiger partial charge in [0.15, 0.2) is 0 Å². The van der Waals surface area contributed by atoms with Crippen molar-refractivity contribution in [3.8, 4) is 0 Å². The topological polar surface area (TPSA) is 29.5 Å². The summed E-state index contributed by atoms with van der Waals surface area (Å²) in [6.07, 6.45) is 0.975. The molecule has 1 saturated heterocycles. The Morgan fingerprint density at radius 2 is 2.08 bits per heavy atom. The first-order chi connectivity index (χ1) is 6.14. The van der Waals surface area contributed by atoms with Crippen LogP contribution in [0.1, 0.15) is 13.3 Å². The molecule has 0 bridgehead atoms. The van der Waals surface area contributed by atoms with Crippen molar-refractivity contribution >= 4 is 21.8 Å². The molecule has 2 aliphatic rings. The van der Waals surface area contributed by atoms with Gasteiger partial charge in [-0.3, -0.25) is 4.79 Å². The monoisotopic (exact) mass is 247 g/mol. The molecule has 2 atom stereocenters. The Bertz CT molecular complexity index is 228. The third-order valence-electron chi connectivity index (χ3n) is 2.92. The van der Waals surface area contributed by atoms with E-state index in [2.05, 4.69) is 15.9 Å². The van der Waals surface area contributed by atoms with Crippen LogP contribution >= 0.6 is 15.9 Å². The summed E-state index contributed by atoms with van der Waals surface area (Å²) in [5.41, 5.74) is -0.128. The maximum Gasteiger partial charge on any atom is 0.229 e. The van der Waals surface area contributed by atoms with E-state index in [9.17, 15) is 4.79 Å². The number of morpholine rings is 1. The molecule has 0 radical (unpaired) electrons. The van der Waals surface area contributed by atoms with Gasteiger partial charge in [0.2, 0.25) is 5.91 Å². The first-order valence-electron chi connectivity index (χ1n) is 4.66. The number of hydrogen-bond acceptors (Lipinski definition) is 2. The first-order valence-corrected chi connectivity index (χ1v) is 5.57. The molecule has 2 unspecified atom stereocenters. The lowest BCUT2D eigenvalue weighted by atomic mass is 10.1. The van der Waals surface area contributed by atoms with E-state index in [4.69, 9.17) is 4.74 Å². The molecule has 74 valence electrons. The van der Waals surface area contributed by atoms with Crippen LogP contribution in [0.25, 0.3) is 0 Å². The number of halogens is 1. The maximum atomic E-state index is 11.9. The van der Waals surface area contributed by atoms with Gasteiger partial charge in [-0.15, -0.1) is 0 Å². The van der Waals surface area contributed by atoms with Crippen molar-refractivity contribution in [3.05, 3.63) is 0 Å². The Morgan fingerprint density at radius 1 is 1.54 bits per heavy atom. The fraction of sp³-hybridized carbons (Fsp3) is 0.889. The molecule has 13 heavy (non-hydrogen) atoms. The van der Waals surface area contributed by atoms with E-state index in [1.165, 1.54) is 0 Å². The van der Waals surface area contributed by atoms with Crippen LogP contribution in [0.2, 0.25) is 0 Å². The summed E-state index contributed by atoms with van der Waals surface area (Å²) in [4.78, 5) is 14.2. The van der Waals surface area contributed by atoms with Crippen LogP contribution in [-0.2, 0) is 9.53 Å². The molecule has 1 aliphatic carbocycles. The summed E-state index contributed by atoms with van der Waals surface area (Å²) in [5, 5.41) is 0. The fourth-order valence-electron chi connectivity index (χ4n) is 1.66. The third-order valence-corrected chi connectivity index (χ3v) is 4.26. The van der Waals surface area contributed by atoms with Gasteiger partial charge in [-0.05, 0) is 13.3 Å². The van der Waals surface area contributed by atoms with Crippen LogP contribution < -0.4 is 0 Å². The van der Waals surface area contributed by atoms with Gasteiger partial charge in [-0.25, -0.2) is 0 Å². The minimum atomic E-state index is -0.128. The van der Waals surface area contributed by atoms with Crippen LogP contribution in [0.15, 0.2) is 0 Å². The molecule has 0 N–H and O–H groups in total. The Hall–Kier alpha value is -0.0900. The minimum Gasteiger partial charge on any atom is -0.378 e. The molecular formula is C9H14BrNO2. The second kappa shape index (κ2) is 3.24. The van der Waals surface area contributed by atoms with E-state index < -0.39 is 0 Å². The smallest absolute Gasteiger partial charge is 0.229 e. The quantitative estimate of drug-likeness (QED) is 0.648. The second-order valence-corrected chi connectivity index (χ2v) is 5.10. The Balaban J connectivity index is 1.96. The first kappa shape index (κ1) is 9.46. The van der Waals surface area contributed by atoms with E-state index >= 15 is 0 Å². The maximum absolute atomic E-state index is 11.9. The highest BCUT2D eigenvalue weighted by molar-refractivity contribution is 9.09. The predicted molar refractivity (Wildman–Crippen MR) is 52.8 cm³/mol. The number of carbonyl (C=O) groups is 1. The van der Waals surface area contributed by atoms with Crippen molar-refractivity contribution in [1.29, 1.82) is 0 Å². The van der Waals surface area contributed by atoms with Crippen molar-refractivity contribution in [1.82, 2.24) is 4.90 Å². The van der Waals surface area contributed by atoms with Crippen LogP contribution in [0, 0.1) is 5.41 Å². The fourth-order valence-corrected chi connectivity index (χ4v) is 2.53. The van der Waals surface area contributed by atoms with Crippen LogP contribution in [0.3, 0.4) is 0 Å². The van der Waals surface area contributed by atoms with Gasteiger partial charge in [-0.1, -0.05) is 15.9 Å². The number of hydrogen-bond donors (Lipinski definition) is 0. The number of rotatable bonds is 1. The lowest BCUT2D eigenvalue weighted by Crippen LogP contribution is -2.44. The molecule has 0 spiro atoms. The summed E-state index contributed by atoms with van der Waals surface area (Å²) in [6.45, 7) is 4.93. The number of nitrogens with zero attached hydrogens (tertiary/aromatic N) is 1. The lowest BCUT2D eigenvalue weighted by Gasteiger charge is -2.29. The number of amides is 1. The second-order valence-electron chi connectivity index (χ2n) is 3.99. The van der Waals surface area contributed by atoms with Crippen molar-refractivity contribution in [3.63, 3.8) is 0 Å². The highest BCUT2D eigenvalue weighted by Crippen LogP contribution is 2.52. The SMILES string of the molecule is CC1(C(=O)N2CCOCC2)CC1Br. The molecule has 1 saturated carbocycles. The zero-order valence-corrected chi connectivity index (χ0v) is 9.34.